The van der Waals surface area contributed by atoms with Gasteiger partial charge in [-0.1, -0.05) is 24.8 Å². The number of ether oxygens (including phenoxy) is 1. The average Bonchev–Trinajstić information content (AvgIpc) is 3.01. The lowest BCUT2D eigenvalue weighted by molar-refractivity contribution is 0.210. The lowest BCUT2D eigenvalue weighted by atomic mass is 10.0. The molecule has 1 atom stereocenters. The molecule has 0 saturated carbocycles. The van der Waals surface area contributed by atoms with Crippen LogP contribution in [0.2, 0.25) is 0 Å². The Morgan fingerprint density at radius 1 is 1.19 bits per heavy atom. The highest BCUT2D eigenvalue weighted by molar-refractivity contribution is 5.28. The highest BCUT2D eigenvalue weighted by Gasteiger charge is 2.22. The van der Waals surface area contributed by atoms with E-state index < -0.39 is 0 Å². The Bertz CT molecular complexity index is 842. The first kappa shape index (κ1) is 23.1. The number of nitrogens with zero attached hydrogens (tertiary/aromatic N) is 1. The molecule has 0 radical (unpaired) electrons. The summed E-state index contributed by atoms with van der Waals surface area (Å²) in [6.45, 7) is 13.9. The van der Waals surface area contributed by atoms with Crippen molar-refractivity contribution in [3.8, 4) is 5.75 Å². The Hall–Kier alpha value is -2.53. The molecule has 3 rings (SSSR count). The van der Waals surface area contributed by atoms with Crippen LogP contribution in [-0.2, 0) is 13.1 Å². The van der Waals surface area contributed by atoms with Crippen LogP contribution >= 0.6 is 0 Å². The molecule has 0 amide bonds. The molecule has 31 heavy (non-hydrogen) atoms. The molecule has 1 heterocycles. The summed E-state index contributed by atoms with van der Waals surface area (Å²) in [4.78, 5) is 2.36. The monoisotopic (exact) mass is 425 g/mol. The van der Waals surface area contributed by atoms with Gasteiger partial charge in [-0.3, -0.25) is 0 Å². The smallest absolute Gasteiger partial charge is 0.123 e. The van der Waals surface area contributed by atoms with Crippen LogP contribution in [0.3, 0.4) is 0 Å². The van der Waals surface area contributed by atoms with Crippen LogP contribution in [0.15, 0.2) is 54.9 Å². The van der Waals surface area contributed by atoms with Gasteiger partial charge in [0.05, 0.1) is 11.9 Å². The van der Waals surface area contributed by atoms with Crippen LogP contribution in [-0.4, -0.2) is 30.1 Å². The van der Waals surface area contributed by atoms with Gasteiger partial charge in [0, 0.05) is 19.1 Å². The van der Waals surface area contributed by atoms with Gasteiger partial charge in [-0.05, 0) is 94.1 Å². The molecule has 1 aliphatic rings. The highest BCUT2D eigenvalue weighted by Crippen LogP contribution is 2.22. The van der Waals surface area contributed by atoms with Crippen LogP contribution in [0.4, 0.5) is 4.39 Å². The van der Waals surface area contributed by atoms with Gasteiger partial charge in [0.15, 0.2) is 0 Å². The summed E-state index contributed by atoms with van der Waals surface area (Å²) in [6, 6.07) is 13.6. The second kappa shape index (κ2) is 11.2. The zero-order valence-electron chi connectivity index (χ0n) is 19.1. The van der Waals surface area contributed by atoms with Crippen molar-refractivity contribution >= 4 is 0 Å². The maximum absolute atomic E-state index is 13.6. The SMILES string of the molecule is C=C(NCc1ccc(OC(C)C)cc1)N(Cc1ccc(F)cc1C)C1CCCNCC1. The van der Waals surface area contributed by atoms with Gasteiger partial charge in [0.1, 0.15) is 11.6 Å². The quantitative estimate of drug-likeness (QED) is 0.584. The Morgan fingerprint density at radius 3 is 2.68 bits per heavy atom. The summed E-state index contributed by atoms with van der Waals surface area (Å²) >= 11 is 0. The van der Waals surface area contributed by atoms with Crippen molar-refractivity contribution in [2.45, 2.75) is 65.3 Å². The average molecular weight is 426 g/mol. The van der Waals surface area contributed by atoms with Gasteiger partial charge >= 0.3 is 0 Å². The minimum atomic E-state index is -0.187. The van der Waals surface area contributed by atoms with Crippen LogP contribution in [0.5, 0.6) is 5.75 Å². The summed E-state index contributed by atoms with van der Waals surface area (Å²) in [7, 11) is 0. The Morgan fingerprint density at radius 2 is 1.97 bits per heavy atom. The predicted molar refractivity (Wildman–Crippen MR) is 125 cm³/mol. The Balaban J connectivity index is 1.69. The first-order valence-corrected chi connectivity index (χ1v) is 11.3. The first-order chi connectivity index (χ1) is 14.9. The number of hydrogen-bond donors (Lipinski definition) is 2. The molecule has 1 aliphatic heterocycles. The van der Waals surface area contributed by atoms with E-state index in [1.54, 1.807) is 12.1 Å². The van der Waals surface area contributed by atoms with Crippen molar-refractivity contribution in [3.63, 3.8) is 0 Å². The van der Waals surface area contributed by atoms with Gasteiger partial charge in [-0.15, -0.1) is 0 Å². The van der Waals surface area contributed by atoms with Crippen molar-refractivity contribution < 1.29 is 9.13 Å². The Labute approximate surface area is 186 Å². The van der Waals surface area contributed by atoms with E-state index in [2.05, 4.69) is 34.2 Å². The second-order valence-electron chi connectivity index (χ2n) is 8.64. The molecule has 5 heteroatoms. The van der Waals surface area contributed by atoms with E-state index in [4.69, 9.17) is 4.74 Å². The lowest BCUT2D eigenvalue weighted by Crippen LogP contribution is -2.39. The van der Waals surface area contributed by atoms with Crippen LogP contribution in [0, 0.1) is 12.7 Å². The fourth-order valence-electron chi connectivity index (χ4n) is 4.04. The molecule has 4 nitrogen and oxygen atoms in total. The predicted octanol–water partition coefficient (Wildman–Crippen LogP) is 5.13. The van der Waals surface area contributed by atoms with Gasteiger partial charge in [-0.2, -0.15) is 0 Å². The van der Waals surface area contributed by atoms with Crippen molar-refractivity contribution in [1.82, 2.24) is 15.5 Å². The molecular weight excluding hydrogens is 389 g/mol. The zero-order valence-corrected chi connectivity index (χ0v) is 19.1. The van der Waals surface area contributed by atoms with E-state index in [0.29, 0.717) is 12.6 Å². The maximum Gasteiger partial charge on any atom is 0.123 e. The first-order valence-electron chi connectivity index (χ1n) is 11.3. The van der Waals surface area contributed by atoms with Crippen molar-refractivity contribution in [1.29, 1.82) is 0 Å². The maximum atomic E-state index is 13.6. The molecule has 1 saturated heterocycles. The van der Waals surface area contributed by atoms with E-state index in [-0.39, 0.29) is 11.9 Å². The third-order valence-electron chi connectivity index (χ3n) is 5.77. The van der Waals surface area contributed by atoms with Gasteiger partial charge in [-0.25, -0.2) is 4.39 Å². The molecule has 1 unspecified atom stereocenters. The van der Waals surface area contributed by atoms with Crippen molar-refractivity contribution in [3.05, 3.63) is 77.4 Å². The van der Waals surface area contributed by atoms with E-state index in [1.807, 2.05) is 39.0 Å². The number of aryl methyl sites for hydroxylation is 1. The molecule has 0 spiro atoms. The number of rotatable bonds is 9. The van der Waals surface area contributed by atoms with E-state index in [0.717, 1.165) is 61.6 Å². The van der Waals surface area contributed by atoms with Crippen LogP contribution < -0.4 is 15.4 Å². The van der Waals surface area contributed by atoms with Gasteiger partial charge < -0.3 is 20.3 Å². The second-order valence-corrected chi connectivity index (χ2v) is 8.64. The summed E-state index contributed by atoms with van der Waals surface area (Å²) in [6.07, 6.45) is 3.51. The van der Waals surface area contributed by atoms with E-state index in [1.165, 1.54) is 5.56 Å². The third-order valence-corrected chi connectivity index (χ3v) is 5.77. The normalized spacial score (nSPS) is 16.6. The number of nitrogens with one attached hydrogen (secondary N) is 2. The van der Waals surface area contributed by atoms with Crippen LogP contribution in [0.1, 0.15) is 49.8 Å². The molecule has 2 N–H and O–H groups in total. The summed E-state index contributed by atoms with van der Waals surface area (Å²) < 4.78 is 19.3. The topological polar surface area (TPSA) is 36.5 Å². The number of hydrogen-bond acceptors (Lipinski definition) is 4. The number of halogens is 1. The largest absolute Gasteiger partial charge is 0.491 e. The molecule has 1 fully saturated rings. The molecular formula is C26H36FN3O. The minimum Gasteiger partial charge on any atom is -0.491 e. The summed E-state index contributed by atoms with van der Waals surface area (Å²) in [5.41, 5.74) is 3.29. The van der Waals surface area contributed by atoms with Gasteiger partial charge in [0.2, 0.25) is 0 Å². The fourth-order valence-corrected chi connectivity index (χ4v) is 4.04. The molecule has 0 aliphatic carbocycles. The fraction of sp³-hybridized carbons (Fsp3) is 0.462. The lowest BCUT2D eigenvalue weighted by Gasteiger charge is -2.35. The minimum absolute atomic E-state index is 0.168. The molecule has 2 aromatic rings. The summed E-state index contributed by atoms with van der Waals surface area (Å²) in [5.74, 6) is 1.61. The molecule has 0 aromatic heterocycles. The Kier molecular flexibility index (Phi) is 8.35. The standard InChI is InChI=1S/C26H36FN3O/c1-19(2)31-26-11-7-22(8-12-26)17-29-21(4)30(25-6-5-14-28-15-13-25)18-23-9-10-24(27)16-20(23)3/h7-12,16,19,25,28-29H,4-6,13-15,17-18H2,1-3H3. The molecule has 2 aromatic carbocycles. The highest BCUT2D eigenvalue weighted by atomic mass is 19.1. The van der Waals surface area contributed by atoms with Crippen molar-refractivity contribution in [2.75, 3.05) is 13.1 Å². The molecule has 0 bridgehead atoms. The van der Waals surface area contributed by atoms with E-state index >= 15 is 0 Å². The summed E-state index contributed by atoms with van der Waals surface area (Å²) in [5, 5.41) is 7.02. The molecule has 168 valence electrons. The van der Waals surface area contributed by atoms with Crippen LogP contribution in [0.25, 0.3) is 0 Å². The zero-order chi connectivity index (χ0) is 22.2. The van der Waals surface area contributed by atoms with Crippen molar-refractivity contribution in [2.24, 2.45) is 0 Å². The third kappa shape index (κ3) is 7.00. The van der Waals surface area contributed by atoms with E-state index in [9.17, 15) is 4.39 Å². The number of benzene rings is 2. The van der Waals surface area contributed by atoms with Gasteiger partial charge in [0.25, 0.3) is 0 Å².